The molecule has 0 saturated heterocycles. The zero-order valence-corrected chi connectivity index (χ0v) is 10.1. The molecule has 0 saturated carbocycles. The van der Waals surface area contributed by atoms with Crippen LogP contribution in [0.1, 0.15) is 4.88 Å². The Morgan fingerprint density at radius 3 is 2.63 bits per heavy atom. The minimum Gasteiger partial charge on any atom is -0.359 e. The highest BCUT2D eigenvalue weighted by Crippen LogP contribution is 2.42. The maximum atomic E-state index is 13.1. The second-order valence-electron chi connectivity index (χ2n) is 3.89. The average Bonchev–Trinajstić information content (AvgIpc) is 2.91. The molecule has 1 N–H and O–H groups in total. The third-order valence-electron chi connectivity index (χ3n) is 2.70. The molecule has 0 radical (unpaired) electrons. The minimum absolute atomic E-state index is 0.0156. The molecule has 7 heteroatoms. The van der Waals surface area contributed by atoms with Gasteiger partial charge in [0.05, 0.1) is 11.0 Å². The van der Waals surface area contributed by atoms with Gasteiger partial charge in [0, 0.05) is 17.3 Å². The maximum absolute atomic E-state index is 13.1. The molecule has 0 amide bonds. The smallest absolute Gasteiger partial charge is 0.359 e. The molecule has 3 rings (SSSR count). The largest absolute Gasteiger partial charge is 0.426 e. The molecule has 0 bridgehead atoms. The van der Waals surface area contributed by atoms with E-state index >= 15 is 0 Å². The first-order chi connectivity index (χ1) is 8.97. The van der Waals surface area contributed by atoms with Crippen molar-refractivity contribution in [3.8, 4) is 11.1 Å². The zero-order chi connectivity index (χ0) is 13.6. The lowest BCUT2D eigenvalue weighted by molar-refractivity contribution is -0.133. The van der Waals surface area contributed by atoms with Crippen LogP contribution in [-0.2, 0) is 6.18 Å². The number of hydrogen-bond donors (Lipinski definition) is 1. The highest BCUT2D eigenvalue weighted by molar-refractivity contribution is 7.10. The number of alkyl halides is 3. The van der Waals surface area contributed by atoms with E-state index in [0.717, 1.165) is 6.07 Å². The number of thiophene rings is 1. The van der Waals surface area contributed by atoms with Crippen LogP contribution in [0.3, 0.4) is 0 Å². The Labute approximate surface area is 108 Å². The minimum atomic E-state index is -4.43. The van der Waals surface area contributed by atoms with Gasteiger partial charge in [-0.2, -0.15) is 17.6 Å². The number of aromatic amines is 1. The number of aromatic nitrogens is 2. The van der Waals surface area contributed by atoms with Crippen molar-refractivity contribution in [2.24, 2.45) is 0 Å². The van der Waals surface area contributed by atoms with Gasteiger partial charge in [0.1, 0.15) is 4.88 Å². The van der Waals surface area contributed by atoms with Crippen LogP contribution in [0.4, 0.5) is 17.6 Å². The molecule has 0 unspecified atom stereocenters. The SMILES string of the molecule is Fc1ccc2[nH]cc(-c3ccsc3C(F)(F)F)c2n1. The van der Waals surface area contributed by atoms with Gasteiger partial charge in [0.15, 0.2) is 0 Å². The van der Waals surface area contributed by atoms with E-state index in [1.165, 1.54) is 23.7 Å². The van der Waals surface area contributed by atoms with Crippen molar-refractivity contribution in [3.63, 3.8) is 0 Å². The van der Waals surface area contributed by atoms with Crippen molar-refractivity contribution < 1.29 is 17.6 Å². The monoisotopic (exact) mass is 286 g/mol. The molecule has 0 aliphatic carbocycles. The molecule has 0 spiro atoms. The van der Waals surface area contributed by atoms with E-state index < -0.39 is 17.0 Å². The summed E-state index contributed by atoms with van der Waals surface area (Å²) in [6.45, 7) is 0. The number of halogens is 4. The first-order valence-corrected chi connectivity index (χ1v) is 6.13. The van der Waals surface area contributed by atoms with Crippen LogP contribution >= 0.6 is 11.3 Å². The fourth-order valence-corrected chi connectivity index (χ4v) is 2.70. The lowest BCUT2D eigenvalue weighted by Gasteiger charge is -2.06. The molecular weight excluding hydrogens is 280 g/mol. The summed E-state index contributed by atoms with van der Waals surface area (Å²) in [4.78, 5) is 5.74. The molecule has 0 aliphatic rings. The Morgan fingerprint density at radius 2 is 1.89 bits per heavy atom. The molecule has 0 atom stereocenters. The van der Waals surface area contributed by atoms with Crippen LogP contribution in [0.15, 0.2) is 29.8 Å². The third-order valence-corrected chi connectivity index (χ3v) is 3.66. The second kappa shape index (κ2) is 4.06. The van der Waals surface area contributed by atoms with Gasteiger partial charge in [-0.25, -0.2) is 4.98 Å². The summed E-state index contributed by atoms with van der Waals surface area (Å²) < 4.78 is 51.7. The van der Waals surface area contributed by atoms with Gasteiger partial charge in [0.25, 0.3) is 0 Å². The van der Waals surface area contributed by atoms with Crippen molar-refractivity contribution in [1.82, 2.24) is 9.97 Å². The van der Waals surface area contributed by atoms with Crippen molar-refractivity contribution >= 4 is 22.4 Å². The van der Waals surface area contributed by atoms with Gasteiger partial charge in [-0.1, -0.05) is 0 Å². The molecule has 98 valence electrons. The van der Waals surface area contributed by atoms with E-state index in [2.05, 4.69) is 9.97 Å². The van der Waals surface area contributed by atoms with Gasteiger partial charge in [-0.3, -0.25) is 0 Å². The molecular formula is C12H6F4N2S. The highest BCUT2D eigenvalue weighted by Gasteiger charge is 2.35. The number of nitrogens with one attached hydrogen (secondary N) is 1. The van der Waals surface area contributed by atoms with E-state index in [9.17, 15) is 17.6 Å². The normalized spacial score (nSPS) is 12.2. The molecule has 19 heavy (non-hydrogen) atoms. The summed E-state index contributed by atoms with van der Waals surface area (Å²) in [5.74, 6) is -0.725. The predicted molar refractivity (Wildman–Crippen MR) is 64.4 cm³/mol. The Hall–Kier alpha value is -1.89. The number of H-pyrrole nitrogens is 1. The second-order valence-corrected chi connectivity index (χ2v) is 4.81. The van der Waals surface area contributed by atoms with Crippen LogP contribution in [0.25, 0.3) is 22.2 Å². The summed E-state index contributed by atoms with van der Waals surface area (Å²) in [6, 6.07) is 3.96. The van der Waals surface area contributed by atoms with Crippen molar-refractivity contribution in [3.05, 3.63) is 40.6 Å². The number of fused-ring (bicyclic) bond motifs is 1. The number of hydrogen-bond acceptors (Lipinski definition) is 2. The van der Waals surface area contributed by atoms with E-state index in [1.54, 1.807) is 0 Å². The van der Waals surface area contributed by atoms with Crippen molar-refractivity contribution in [2.75, 3.05) is 0 Å². The van der Waals surface area contributed by atoms with E-state index in [0.29, 0.717) is 16.9 Å². The molecule has 0 aromatic carbocycles. The van der Waals surface area contributed by atoms with Gasteiger partial charge < -0.3 is 4.98 Å². The number of nitrogens with zero attached hydrogens (tertiary/aromatic N) is 1. The van der Waals surface area contributed by atoms with Gasteiger partial charge in [-0.15, -0.1) is 11.3 Å². The zero-order valence-electron chi connectivity index (χ0n) is 9.25. The summed E-state index contributed by atoms with van der Waals surface area (Å²) in [7, 11) is 0. The summed E-state index contributed by atoms with van der Waals surface area (Å²) in [5, 5.41) is 1.36. The Kier molecular flexibility index (Phi) is 2.60. The van der Waals surface area contributed by atoms with E-state index in [4.69, 9.17) is 0 Å². The molecule has 3 heterocycles. The topological polar surface area (TPSA) is 28.7 Å². The summed E-state index contributed by atoms with van der Waals surface area (Å²) in [6.07, 6.45) is -3.02. The van der Waals surface area contributed by atoms with Crippen molar-refractivity contribution in [2.45, 2.75) is 6.18 Å². The van der Waals surface area contributed by atoms with Crippen LogP contribution in [0, 0.1) is 5.95 Å². The molecule has 3 aromatic rings. The third kappa shape index (κ3) is 1.99. The Bertz CT molecular complexity index is 742. The van der Waals surface area contributed by atoms with Crippen LogP contribution in [0.5, 0.6) is 0 Å². The van der Waals surface area contributed by atoms with Gasteiger partial charge >= 0.3 is 6.18 Å². The predicted octanol–water partition coefficient (Wildman–Crippen LogP) is 4.45. The van der Waals surface area contributed by atoms with Gasteiger partial charge in [0.2, 0.25) is 5.95 Å². The first kappa shape index (κ1) is 12.2. The highest BCUT2D eigenvalue weighted by atomic mass is 32.1. The molecule has 3 aromatic heterocycles. The lowest BCUT2D eigenvalue weighted by atomic mass is 10.1. The molecule has 0 aliphatic heterocycles. The van der Waals surface area contributed by atoms with Crippen molar-refractivity contribution in [1.29, 1.82) is 0 Å². The quantitative estimate of drug-likeness (QED) is 0.519. The van der Waals surface area contributed by atoms with Crippen LogP contribution < -0.4 is 0 Å². The van der Waals surface area contributed by atoms with Crippen LogP contribution in [-0.4, -0.2) is 9.97 Å². The number of pyridine rings is 1. The standard InChI is InChI=1S/C12H6F4N2S/c13-9-2-1-8-10(18-9)7(5-17-8)6-3-4-19-11(6)12(14,15)16/h1-5,17H. The fraction of sp³-hybridized carbons (Fsp3) is 0.0833. The van der Waals surface area contributed by atoms with Gasteiger partial charge in [-0.05, 0) is 23.6 Å². The van der Waals surface area contributed by atoms with Crippen LogP contribution in [0.2, 0.25) is 0 Å². The Morgan fingerprint density at radius 1 is 1.11 bits per heavy atom. The fourth-order valence-electron chi connectivity index (χ4n) is 1.92. The first-order valence-electron chi connectivity index (χ1n) is 5.25. The summed E-state index contributed by atoms with van der Waals surface area (Å²) in [5.41, 5.74) is 0.963. The van der Waals surface area contributed by atoms with E-state index in [1.807, 2.05) is 0 Å². The molecule has 2 nitrogen and oxygen atoms in total. The Balaban J connectivity index is 2.26. The lowest BCUT2D eigenvalue weighted by Crippen LogP contribution is -2.03. The van der Waals surface area contributed by atoms with E-state index in [-0.39, 0.29) is 16.6 Å². The average molecular weight is 286 g/mol. The maximum Gasteiger partial charge on any atom is 0.426 e. The molecule has 0 fully saturated rings. The number of rotatable bonds is 1. The summed E-state index contributed by atoms with van der Waals surface area (Å²) >= 11 is 0.607.